The van der Waals surface area contributed by atoms with Gasteiger partial charge in [0.05, 0.1) is 24.2 Å². The quantitative estimate of drug-likeness (QED) is 0.818. The van der Waals surface area contributed by atoms with Crippen molar-refractivity contribution in [1.82, 2.24) is 10.2 Å². The van der Waals surface area contributed by atoms with Crippen molar-refractivity contribution in [1.29, 1.82) is 0 Å². The van der Waals surface area contributed by atoms with E-state index < -0.39 is 17.8 Å². The summed E-state index contributed by atoms with van der Waals surface area (Å²) in [6.07, 6.45) is -2.00. The molecule has 0 bridgehead atoms. The molecule has 0 spiro atoms. The monoisotopic (exact) mass is 385 g/mol. The predicted octanol–water partition coefficient (Wildman–Crippen LogP) is 2.86. The number of nitrogens with one attached hydrogen (secondary N) is 1. The minimum Gasteiger partial charge on any atom is -0.346 e. The first kappa shape index (κ1) is 21.2. The van der Waals surface area contributed by atoms with Crippen molar-refractivity contribution in [3.63, 3.8) is 0 Å². The molecule has 0 aromatic heterocycles. The minimum absolute atomic E-state index is 0.0463. The van der Waals surface area contributed by atoms with Crippen LogP contribution in [0.1, 0.15) is 50.3 Å². The maximum absolute atomic E-state index is 12.7. The van der Waals surface area contributed by atoms with E-state index in [4.69, 9.17) is 5.73 Å². The second-order valence-electron chi connectivity index (χ2n) is 7.21. The third-order valence-electron chi connectivity index (χ3n) is 4.88. The highest BCUT2D eigenvalue weighted by atomic mass is 19.4. The predicted molar refractivity (Wildman–Crippen MR) is 95.6 cm³/mol. The fourth-order valence-electron chi connectivity index (χ4n) is 3.16. The molecule has 1 heterocycles. The van der Waals surface area contributed by atoms with Gasteiger partial charge in [-0.05, 0) is 42.9 Å². The maximum atomic E-state index is 12.7. The first-order valence-corrected chi connectivity index (χ1v) is 9.11. The molecule has 1 aromatic carbocycles. The molecule has 3 N–H and O–H groups in total. The van der Waals surface area contributed by atoms with Crippen LogP contribution < -0.4 is 11.1 Å². The van der Waals surface area contributed by atoms with Crippen LogP contribution >= 0.6 is 0 Å². The number of hydrogen-bond acceptors (Lipinski definition) is 3. The molecule has 1 aliphatic rings. The lowest BCUT2D eigenvalue weighted by atomic mass is 9.94. The Bertz CT molecular complexity index is 659. The number of rotatable bonds is 5. The van der Waals surface area contributed by atoms with Gasteiger partial charge in [0, 0.05) is 6.54 Å². The van der Waals surface area contributed by atoms with E-state index in [2.05, 4.69) is 5.32 Å². The molecule has 0 radical (unpaired) electrons. The van der Waals surface area contributed by atoms with Crippen molar-refractivity contribution in [2.45, 2.75) is 51.4 Å². The molecule has 1 aliphatic heterocycles. The van der Waals surface area contributed by atoms with Gasteiger partial charge in [0.2, 0.25) is 11.8 Å². The van der Waals surface area contributed by atoms with Crippen LogP contribution in [0.5, 0.6) is 0 Å². The van der Waals surface area contributed by atoms with Gasteiger partial charge in [0.1, 0.15) is 0 Å². The fraction of sp³-hybridized carbons (Fsp3) is 0.579. The Kier molecular flexibility index (Phi) is 6.86. The van der Waals surface area contributed by atoms with Crippen molar-refractivity contribution in [2.75, 3.05) is 13.1 Å². The molecule has 2 atom stereocenters. The highest BCUT2D eigenvalue weighted by molar-refractivity contribution is 5.87. The van der Waals surface area contributed by atoms with Crippen LogP contribution in [0.25, 0.3) is 0 Å². The van der Waals surface area contributed by atoms with Crippen molar-refractivity contribution < 1.29 is 22.8 Å². The van der Waals surface area contributed by atoms with Gasteiger partial charge in [-0.25, -0.2) is 0 Å². The number of carbonyl (C=O) groups excluding carboxylic acids is 2. The maximum Gasteiger partial charge on any atom is 0.416 e. The summed E-state index contributed by atoms with van der Waals surface area (Å²) in [6.45, 7) is 3.97. The lowest BCUT2D eigenvalue weighted by Crippen LogP contribution is -2.49. The summed E-state index contributed by atoms with van der Waals surface area (Å²) in [5, 5.41) is 2.56. The zero-order valence-electron chi connectivity index (χ0n) is 15.6. The van der Waals surface area contributed by atoms with Gasteiger partial charge >= 0.3 is 6.18 Å². The average molecular weight is 385 g/mol. The fourth-order valence-corrected chi connectivity index (χ4v) is 3.16. The summed E-state index contributed by atoms with van der Waals surface area (Å²) in [5.41, 5.74) is 5.72. The largest absolute Gasteiger partial charge is 0.416 e. The summed E-state index contributed by atoms with van der Waals surface area (Å²) >= 11 is 0. The Morgan fingerprint density at radius 1 is 1.22 bits per heavy atom. The third-order valence-corrected chi connectivity index (χ3v) is 4.88. The first-order valence-electron chi connectivity index (χ1n) is 9.11. The van der Waals surface area contributed by atoms with Gasteiger partial charge in [-0.1, -0.05) is 26.0 Å². The van der Waals surface area contributed by atoms with E-state index in [0.29, 0.717) is 18.5 Å². The molecular weight excluding hydrogens is 359 g/mol. The van der Waals surface area contributed by atoms with Crippen molar-refractivity contribution in [3.05, 3.63) is 35.4 Å². The number of carbonyl (C=O) groups is 2. The third kappa shape index (κ3) is 5.45. The normalized spacial score (nSPS) is 19.1. The molecule has 1 fully saturated rings. The molecule has 0 saturated carbocycles. The van der Waals surface area contributed by atoms with Crippen molar-refractivity contribution in [2.24, 2.45) is 11.7 Å². The second kappa shape index (κ2) is 8.73. The molecule has 1 saturated heterocycles. The van der Waals surface area contributed by atoms with Crippen LogP contribution in [0.2, 0.25) is 0 Å². The molecule has 2 amide bonds. The Morgan fingerprint density at radius 2 is 1.85 bits per heavy atom. The number of hydrogen-bond donors (Lipinski definition) is 2. The Hall–Kier alpha value is -2.09. The zero-order valence-corrected chi connectivity index (χ0v) is 15.6. The van der Waals surface area contributed by atoms with E-state index in [0.717, 1.165) is 25.0 Å². The Balaban J connectivity index is 2.06. The topological polar surface area (TPSA) is 75.4 Å². The van der Waals surface area contributed by atoms with Gasteiger partial charge in [-0.2, -0.15) is 13.2 Å². The number of halogens is 3. The lowest BCUT2D eigenvalue weighted by Gasteiger charge is -2.36. The summed E-state index contributed by atoms with van der Waals surface area (Å²) in [5.74, 6) is -0.694. The molecule has 1 unspecified atom stereocenters. The Labute approximate surface area is 157 Å². The molecule has 27 heavy (non-hydrogen) atoms. The number of alkyl halides is 3. The average Bonchev–Trinajstić information content (AvgIpc) is 2.64. The van der Waals surface area contributed by atoms with Crippen LogP contribution in [-0.2, 0) is 15.8 Å². The highest BCUT2D eigenvalue weighted by Gasteiger charge is 2.32. The van der Waals surface area contributed by atoms with Gasteiger partial charge in [-0.3, -0.25) is 9.59 Å². The number of amides is 2. The molecule has 1 aromatic rings. The number of benzene rings is 1. The lowest BCUT2D eigenvalue weighted by molar-refractivity contribution is -0.138. The van der Waals surface area contributed by atoms with Crippen LogP contribution in [0, 0.1) is 5.92 Å². The summed E-state index contributed by atoms with van der Waals surface area (Å²) in [4.78, 5) is 26.2. The van der Waals surface area contributed by atoms with E-state index >= 15 is 0 Å². The number of likely N-dealkylation sites (tertiary alicyclic amines) is 1. The van der Waals surface area contributed by atoms with E-state index in [1.807, 2.05) is 13.8 Å². The first-order chi connectivity index (χ1) is 12.6. The SMILES string of the molecule is CC(C)[C@H](N)C(=O)NCC(=O)N1CCCCC1c1ccc(C(F)(F)F)cc1. The number of nitrogens with zero attached hydrogens (tertiary/aromatic N) is 1. The molecule has 0 aliphatic carbocycles. The zero-order chi connectivity index (χ0) is 20.2. The number of nitrogens with two attached hydrogens (primary N) is 1. The minimum atomic E-state index is -4.39. The van der Waals surface area contributed by atoms with Crippen LogP contribution in [0.4, 0.5) is 13.2 Å². The Morgan fingerprint density at radius 3 is 2.41 bits per heavy atom. The molecule has 8 heteroatoms. The second-order valence-corrected chi connectivity index (χ2v) is 7.21. The summed E-state index contributed by atoms with van der Waals surface area (Å²) in [6, 6.07) is 3.94. The van der Waals surface area contributed by atoms with Crippen LogP contribution in [0.15, 0.2) is 24.3 Å². The van der Waals surface area contributed by atoms with Crippen molar-refractivity contribution in [3.8, 4) is 0 Å². The van der Waals surface area contributed by atoms with E-state index in [9.17, 15) is 22.8 Å². The van der Waals surface area contributed by atoms with E-state index in [1.54, 1.807) is 4.90 Å². The van der Waals surface area contributed by atoms with Gasteiger partial charge < -0.3 is 16.0 Å². The summed E-state index contributed by atoms with van der Waals surface area (Å²) in [7, 11) is 0. The van der Waals surface area contributed by atoms with Crippen LogP contribution in [0.3, 0.4) is 0 Å². The van der Waals surface area contributed by atoms with Crippen LogP contribution in [-0.4, -0.2) is 35.8 Å². The molecule has 150 valence electrons. The van der Waals surface area contributed by atoms with Gasteiger partial charge in [0.15, 0.2) is 0 Å². The van der Waals surface area contributed by atoms with E-state index in [-0.39, 0.29) is 30.3 Å². The van der Waals surface area contributed by atoms with Crippen molar-refractivity contribution >= 4 is 11.8 Å². The summed E-state index contributed by atoms with van der Waals surface area (Å²) < 4.78 is 38.2. The molecule has 2 rings (SSSR count). The standard InChI is InChI=1S/C19H26F3N3O2/c1-12(2)17(23)18(27)24-11-16(26)25-10-4-3-5-15(25)13-6-8-14(9-7-13)19(20,21)22/h6-9,12,15,17H,3-5,10-11,23H2,1-2H3,(H,24,27)/t15?,17-/m0/s1. The highest BCUT2D eigenvalue weighted by Crippen LogP contribution is 2.34. The van der Waals surface area contributed by atoms with E-state index in [1.165, 1.54) is 12.1 Å². The smallest absolute Gasteiger partial charge is 0.346 e. The van der Waals surface area contributed by atoms with Gasteiger partial charge in [0.25, 0.3) is 0 Å². The molecular formula is C19H26F3N3O2. The van der Waals surface area contributed by atoms with Gasteiger partial charge in [-0.15, -0.1) is 0 Å². The number of piperidine rings is 1. The molecule has 5 nitrogen and oxygen atoms in total.